The Morgan fingerprint density at radius 3 is 2.48 bits per heavy atom. The Labute approximate surface area is 129 Å². The molecule has 0 aliphatic carbocycles. The molecule has 2 N–H and O–H groups in total. The number of nitrogens with two attached hydrogens (primary N) is 1. The number of pyridine rings is 1. The van der Waals surface area contributed by atoms with E-state index in [1.807, 2.05) is 39.8 Å². The van der Waals surface area contributed by atoms with Crippen LogP contribution in [-0.4, -0.2) is 10.6 Å². The molecule has 0 bridgehead atoms. The quantitative estimate of drug-likeness (QED) is 0.900. The molecule has 4 nitrogen and oxygen atoms in total. The average molecular weight is 307 g/mol. The number of nitrogens with zero attached hydrogens (tertiary/aromatic N) is 1. The zero-order chi connectivity index (χ0) is 15.6. The summed E-state index contributed by atoms with van der Waals surface area (Å²) in [5.74, 6) is 1.28. The molecule has 0 saturated carbocycles. The summed E-state index contributed by atoms with van der Waals surface area (Å²) in [7, 11) is 0. The molecule has 0 aliphatic rings. The van der Waals surface area contributed by atoms with Crippen molar-refractivity contribution in [2.24, 2.45) is 0 Å². The molecule has 0 amide bonds. The Bertz CT molecular complexity index is 651. The van der Waals surface area contributed by atoms with Gasteiger partial charge in [0.2, 0.25) is 11.8 Å². The Hall–Kier alpha value is -1.94. The number of aryl methyl sites for hydroxylation is 1. The number of benzene rings is 1. The van der Waals surface area contributed by atoms with Crippen LogP contribution in [-0.2, 0) is 0 Å². The van der Waals surface area contributed by atoms with E-state index in [4.69, 9.17) is 26.8 Å². The summed E-state index contributed by atoms with van der Waals surface area (Å²) in [6, 6.07) is 8.94. The third-order valence-corrected chi connectivity index (χ3v) is 2.86. The van der Waals surface area contributed by atoms with Gasteiger partial charge < -0.3 is 15.2 Å². The minimum Gasteiger partial charge on any atom is -0.470 e. The van der Waals surface area contributed by atoms with Gasteiger partial charge >= 0.3 is 0 Å². The van der Waals surface area contributed by atoms with E-state index in [1.165, 1.54) is 0 Å². The summed E-state index contributed by atoms with van der Waals surface area (Å²) in [6.45, 7) is 7.75. The van der Waals surface area contributed by atoms with Crippen molar-refractivity contribution in [3.8, 4) is 17.5 Å². The predicted molar refractivity (Wildman–Crippen MR) is 85.3 cm³/mol. The van der Waals surface area contributed by atoms with Crippen LogP contribution in [0.15, 0.2) is 30.3 Å². The zero-order valence-corrected chi connectivity index (χ0v) is 13.4. The van der Waals surface area contributed by atoms with Crippen molar-refractivity contribution in [2.75, 3.05) is 5.73 Å². The van der Waals surface area contributed by atoms with Crippen LogP contribution < -0.4 is 15.2 Å². The predicted octanol–water partition coefficient (Wildman–Crippen LogP) is 4.60. The summed E-state index contributed by atoms with van der Waals surface area (Å²) in [6.07, 6.45) is 0. The molecule has 2 aromatic rings. The number of aromatic nitrogens is 1. The average Bonchev–Trinajstić information content (AvgIpc) is 2.35. The van der Waals surface area contributed by atoms with Gasteiger partial charge in [-0.05, 0) is 51.5 Å². The Morgan fingerprint density at radius 1 is 1.14 bits per heavy atom. The van der Waals surface area contributed by atoms with Crippen molar-refractivity contribution in [3.05, 3.63) is 40.9 Å². The van der Waals surface area contributed by atoms with Gasteiger partial charge in [0.1, 0.15) is 11.4 Å². The molecule has 21 heavy (non-hydrogen) atoms. The largest absolute Gasteiger partial charge is 0.470 e. The molecule has 2 rings (SSSR count). The van der Waals surface area contributed by atoms with Crippen LogP contribution in [0.3, 0.4) is 0 Å². The minimum absolute atomic E-state index is 0.350. The molecule has 0 fully saturated rings. The van der Waals surface area contributed by atoms with Crippen molar-refractivity contribution in [1.82, 2.24) is 4.98 Å². The third kappa shape index (κ3) is 4.26. The van der Waals surface area contributed by atoms with E-state index in [2.05, 4.69) is 4.98 Å². The van der Waals surface area contributed by atoms with Crippen molar-refractivity contribution in [2.45, 2.75) is 33.3 Å². The van der Waals surface area contributed by atoms with Crippen LogP contribution in [0.4, 0.5) is 5.69 Å². The Kier molecular flexibility index (Phi) is 4.28. The number of hydrogen-bond donors (Lipinski definition) is 1. The van der Waals surface area contributed by atoms with E-state index in [0.717, 1.165) is 5.56 Å². The first-order valence-corrected chi connectivity index (χ1v) is 7.02. The number of hydrogen-bond acceptors (Lipinski definition) is 4. The zero-order valence-electron chi connectivity index (χ0n) is 12.6. The van der Waals surface area contributed by atoms with Gasteiger partial charge in [0.15, 0.2) is 0 Å². The second kappa shape index (κ2) is 5.82. The van der Waals surface area contributed by atoms with Gasteiger partial charge in [0.05, 0.1) is 10.7 Å². The van der Waals surface area contributed by atoms with Crippen LogP contribution in [0.1, 0.15) is 26.3 Å². The Morgan fingerprint density at radius 2 is 1.86 bits per heavy atom. The minimum atomic E-state index is -0.388. The lowest BCUT2D eigenvalue weighted by molar-refractivity contribution is 0.124. The number of anilines is 1. The van der Waals surface area contributed by atoms with E-state index in [9.17, 15) is 0 Å². The number of halogens is 1. The van der Waals surface area contributed by atoms with Crippen LogP contribution >= 0.6 is 11.6 Å². The molecule has 0 unspecified atom stereocenters. The van der Waals surface area contributed by atoms with Gasteiger partial charge in [-0.15, -0.1) is 0 Å². The SMILES string of the molecule is Cc1ccc(Oc2ccc(N)c(OC(C)(C)C)n2)c(Cl)c1. The highest BCUT2D eigenvalue weighted by molar-refractivity contribution is 6.32. The summed E-state index contributed by atoms with van der Waals surface area (Å²) in [5.41, 5.74) is 7.01. The van der Waals surface area contributed by atoms with Crippen molar-refractivity contribution in [1.29, 1.82) is 0 Å². The van der Waals surface area contributed by atoms with Crippen LogP contribution in [0.2, 0.25) is 5.02 Å². The van der Waals surface area contributed by atoms with E-state index in [-0.39, 0.29) is 5.60 Å². The van der Waals surface area contributed by atoms with E-state index >= 15 is 0 Å². The second-order valence-electron chi connectivity index (χ2n) is 5.79. The summed E-state index contributed by atoms with van der Waals surface area (Å²) in [5, 5.41) is 0.534. The molecule has 112 valence electrons. The molecule has 0 spiro atoms. The topological polar surface area (TPSA) is 57.4 Å². The molecule has 0 radical (unpaired) electrons. The molecule has 1 aromatic heterocycles. The summed E-state index contributed by atoms with van der Waals surface area (Å²) >= 11 is 6.15. The first-order chi connectivity index (χ1) is 9.74. The maximum Gasteiger partial charge on any atom is 0.241 e. The second-order valence-corrected chi connectivity index (χ2v) is 6.20. The number of rotatable bonds is 3. The molecule has 0 atom stereocenters. The lowest BCUT2D eigenvalue weighted by Crippen LogP contribution is -2.24. The fraction of sp³-hybridized carbons (Fsp3) is 0.312. The maximum atomic E-state index is 6.15. The fourth-order valence-electron chi connectivity index (χ4n) is 1.66. The van der Waals surface area contributed by atoms with Crippen molar-refractivity contribution in [3.63, 3.8) is 0 Å². The summed E-state index contributed by atoms with van der Waals surface area (Å²) in [4.78, 5) is 4.29. The molecular formula is C16H19ClN2O2. The van der Waals surface area contributed by atoms with E-state index in [1.54, 1.807) is 18.2 Å². The number of nitrogen functional groups attached to an aromatic ring is 1. The van der Waals surface area contributed by atoms with Crippen LogP contribution in [0.5, 0.6) is 17.5 Å². The number of ether oxygens (including phenoxy) is 2. The van der Waals surface area contributed by atoms with Gasteiger partial charge in [-0.25, -0.2) is 0 Å². The highest BCUT2D eigenvalue weighted by atomic mass is 35.5. The molecule has 1 heterocycles. The highest BCUT2D eigenvalue weighted by Gasteiger charge is 2.16. The fourth-order valence-corrected chi connectivity index (χ4v) is 1.94. The standard InChI is InChI=1S/C16H19ClN2O2/c1-10-5-7-13(11(17)9-10)20-14-8-6-12(18)15(19-14)21-16(2,3)4/h5-9H,18H2,1-4H3. The maximum absolute atomic E-state index is 6.15. The first kappa shape index (κ1) is 15.4. The molecule has 5 heteroatoms. The molecule has 0 saturated heterocycles. The lowest BCUT2D eigenvalue weighted by Gasteiger charge is -2.21. The molecule has 1 aromatic carbocycles. The Balaban J connectivity index is 2.26. The van der Waals surface area contributed by atoms with Crippen LogP contribution in [0, 0.1) is 6.92 Å². The van der Waals surface area contributed by atoms with E-state index < -0.39 is 0 Å². The smallest absolute Gasteiger partial charge is 0.241 e. The first-order valence-electron chi connectivity index (χ1n) is 6.64. The normalized spacial score (nSPS) is 11.3. The van der Waals surface area contributed by atoms with Gasteiger partial charge in [0.25, 0.3) is 0 Å². The molecule has 0 aliphatic heterocycles. The summed E-state index contributed by atoms with van der Waals surface area (Å²) < 4.78 is 11.4. The lowest BCUT2D eigenvalue weighted by atomic mass is 10.2. The highest BCUT2D eigenvalue weighted by Crippen LogP contribution is 2.32. The third-order valence-electron chi connectivity index (χ3n) is 2.57. The van der Waals surface area contributed by atoms with Crippen LogP contribution in [0.25, 0.3) is 0 Å². The van der Waals surface area contributed by atoms with Crippen molar-refractivity contribution < 1.29 is 9.47 Å². The van der Waals surface area contributed by atoms with Crippen molar-refractivity contribution >= 4 is 17.3 Å². The van der Waals surface area contributed by atoms with Gasteiger partial charge in [-0.2, -0.15) is 4.98 Å². The van der Waals surface area contributed by atoms with Gasteiger partial charge in [-0.1, -0.05) is 17.7 Å². The van der Waals surface area contributed by atoms with E-state index in [0.29, 0.717) is 28.2 Å². The monoisotopic (exact) mass is 306 g/mol. The van der Waals surface area contributed by atoms with Gasteiger partial charge in [-0.3, -0.25) is 0 Å². The molecular weight excluding hydrogens is 288 g/mol. The van der Waals surface area contributed by atoms with Gasteiger partial charge in [0, 0.05) is 6.07 Å².